The highest BCUT2D eigenvalue weighted by atomic mass is 16.2. The summed E-state index contributed by atoms with van der Waals surface area (Å²) in [6.07, 6.45) is 3.44. The third-order valence-corrected chi connectivity index (χ3v) is 4.39. The molecule has 1 aliphatic rings. The first-order chi connectivity index (χ1) is 12.0. The van der Waals surface area contributed by atoms with Crippen LogP contribution in [0, 0.1) is 6.92 Å². The van der Waals surface area contributed by atoms with E-state index in [1.165, 1.54) is 0 Å². The normalized spacial score (nSPS) is 15.1. The molecule has 3 heterocycles. The summed E-state index contributed by atoms with van der Waals surface area (Å²) in [7, 11) is 3.86. The molecule has 7 nitrogen and oxygen atoms in total. The van der Waals surface area contributed by atoms with Crippen LogP contribution in [0.4, 0.5) is 11.6 Å². The third-order valence-electron chi connectivity index (χ3n) is 4.39. The van der Waals surface area contributed by atoms with Gasteiger partial charge in [-0.3, -0.25) is 4.79 Å². The summed E-state index contributed by atoms with van der Waals surface area (Å²) in [5, 5.41) is 11.6. The number of hydrogen-bond donors (Lipinski definition) is 1. The Labute approximate surface area is 148 Å². The van der Waals surface area contributed by atoms with Gasteiger partial charge in [0.1, 0.15) is 11.6 Å². The number of aromatic nitrogens is 3. The largest absolute Gasteiger partial charge is 0.366 e. The van der Waals surface area contributed by atoms with Crippen LogP contribution in [-0.4, -0.2) is 59.2 Å². The number of rotatable bonds is 4. The Morgan fingerprint density at radius 2 is 1.92 bits per heavy atom. The number of nitrogens with zero attached hydrogens (tertiary/aromatic N) is 5. The molecule has 0 unspecified atom stereocenters. The smallest absolute Gasteiger partial charge is 0.255 e. The van der Waals surface area contributed by atoms with Crippen molar-refractivity contribution in [3.05, 3.63) is 41.7 Å². The number of likely N-dealkylation sites (tertiary alicyclic amines) is 1. The van der Waals surface area contributed by atoms with Crippen LogP contribution >= 0.6 is 0 Å². The first-order valence-electron chi connectivity index (χ1n) is 8.52. The molecule has 0 aromatic carbocycles. The maximum atomic E-state index is 12.6. The van der Waals surface area contributed by atoms with E-state index in [1.54, 1.807) is 6.20 Å². The predicted molar refractivity (Wildman–Crippen MR) is 97.9 cm³/mol. The van der Waals surface area contributed by atoms with Crippen LogP contribution in [0.2, 0.25) is 0 Å². The van der Waals surface area contributed by atoms with E-state index in [0.717, 1.165) is 43.3 Å². The molecule has 1 fully saturated rings. The molecule has 0 radical (unpaired) electrons. The molecule has 1 saturated heterocycles. The second-order valence-electron chi connectivity index (χ2n) is 6.57. The molecule has 0 saturated carbocycles. The lowest BCUT2D eigenvalue weighted by atomic mass is 10.0. The number of piperidine rings is 1. The standard InChI is InChI=1S/C18H24N6O/c1-13-4-6-16(22-21-13)20-15-8-10-24(11-9-15)18(25)14-5-7-17(19-12-14)23(2)3/h4-7,12,15H,8-11H2,1-3H3,(H,20,22). The van der Waals surface area contributed by atoms with Gasteiger partial charge in [-0.25, -0.2) is 4.98 Å². The zero-order valence-electron chi connectivity index (χ0n) is 14.9. The molecule has 2 aromatic rings. The van der Waals surface area contributed by atoms with Crippen molar-refractivity contribution in [3.8, 4) is 0 Å². The summed E-state index contributed by atoms with van der Waals surface area (Å²) in [6, 6.07) is 7.92. The Hall–Kier alpha value is -2.70. The van der Waals surface area contributed by atoms with Crippen molar-refractivity contribution < 1.29 is 4.79 Å². The van der Waals surface area contributed by atoms with Crippen molar-refractivity contribution >= 4 is 17.5 Å². The molecule has 7 heteroatoms. The zero-order chi connectivity index (χ0) is 17.8. The molecule has 25 heavy (non-hydrogen) atoms. The van der Waals surface area contributed by atoms with Crippen LogP contribution < -0.4 is 10.2 Å². The molecule has 0 aliphatic carbocycles. The second kappa shape index (κ2) is 7.46. The Kier molecular flexibility index (Phi) is 5.11. The van der Waals surface area contributed by atoms with E-state index in [2.05, 4.69) is 20.5 Å². The van der Waals surface area contributed by atoms with E-state index in [1.807, 2.05) is 55.1 Å². The fourth-order valence-electron chi connectivity index (χ4n) is 2.87. The number of carbonyl (C=O) groups is 1. The SMILES string of the molecule is Cc1ccc(NC2CCN(C(=O)c3ccc(N(C)C)nc3)CC2)nn1. The van der Waals surface area contributed by atoms with Gasteiger partial charge < -0.3 is 15.1 Å². The van der Waals surface area contributed by atoms with Gasteiger partial charge in [0, 0.05) is 39.4 Å². The molecule has 132 valence electrons. The molecule has 2 aromatic heterocycles. The maximum Gasteiger partial charge on any atom is 0.255 e. The topological polar surface area (TPSA) is 74.2 Å². The van der Waals surface area contributed by atoms with Crippen molar-refractivity contribution in [2.45, 2.75) is 25.8 Å². The molecule has 0 bridgehead atoms. The fourth-order valence-corrected chi connectivity index (χ4v) is 2.87. The highest BCUT2D eigenvalue weighted by molar-refractivity contribution is 5.94. The number of anilines is 2. The van der Waals surface area contributed by atoms with E-state index in [9.17, 15) is 4.79 Å². The van der Waals surface area contributed by atoms with E-state index in [4.69, 9.17) is 0 Å². The quantitative estimate of drug-likeness (QED) is 0.917. The van der Waals surface area contributed by atoms with E-state index < -0.39 is 0 Å². The van der Waals surface area contributed by atoms with Crippen molar-refractivity contribution in [2.75, 3.05) is 37.4 Å². The lowest BCUT2D eigenvalue weighted by Crippen LogP contribution is -2.42. The van der Waals surface area contributed by atoms with Gasteiger partial charge in [0.05, 0.1) is 11.3 Å². The summed E-state index contributed by atoms with van der Waals surface area (Å²) < 4.78 is 0. The van der Waals surface area contributed by atoms with Gasteiger partial charge in [-0.05, 0) is 44.0 Å². The molecular weight excluding hydrogens is 316 g/mol. The Balaban J connectivity index is 1.54. The molecule has 1 N–H and O–H groups in total. The van der Waals surface area contributed by atoms with E-state index in [0.29, 0.717) is 11.6 Å². The lowest BCUT2D eigenvalue weighted by Gasteiger charge is -2.32. The van der Waals surface area contributed by atoms with Gasteiger partial charge in [0.15, 0.2) is 0 Å². The third kappa shape index (κ3) is 4.23. The monoisotopic (exact) mass is 340 g/mol. The van der Waals surface area contributed by atoms with E-state index in [-0.39, 0.29) is 5.91 Å². The van der Waals surface area contributed by atoms with Gasteiger partial charge in [-0.1, -0.05) is 0 Å². The maximum absolute atomic E-state index is 12.6. The van der Waals surface area contributed by atoms with Gasteiger partial charge in [0.2, 0.25) is 0 Å². The first kappa shape index (κ1) is 17.1. The van der Waals surface area contributed by atoms with Crippen LogP contribution in [0.5, 0.6) is 0 Å². The van der Waals surface area contributed by atoms with Gasteiger partial charge in [-0.2, -0.15) is 5.10 Å². The summed E-state index contributed by atoms with van der Waals surface area (Å²) >= 11 is 0. The molecular formula is C18H24N6O. The van der Waals surface area contributed by atoms with Gasteiger partial charge >= 0.3 is 0 Å². The van der Waals surface area contributed by atoms with Gasteiger partial charge in [0.25, 0.3) is 5.91 Å². The summed E-state index contributed by atoms with van der Waals surface area (Å²) in [5.41, 5.74) is 1.54. The van der Waals surface area contributed by atoms with Crippen molar-refractivity contribution in [2.24, 2.45) is 0 Å². The minimum absolute atomic E-state index is 0.0476. The number of nitrogens with one attached hydrogen (secondary N) is 1. The molecule has 1 aliphatic heterocycles. The Morgan fingerprint density at radius 1 is 1.16 bits per heavy atom. The average Bonchev–Trinajstić information content (AvgIpc) is 2.64. The molecule has 1 amide bonds. The van der Waals surface area contributed by atoms with Crippen LogP contribution in [-0.2, 0) is 0 Å². The van der Waals surface area contributed by atoms with Crippen LogP contribution in [0.3, 0.4) is 0 Å². The van der Waals surface area contributed by atoms with Gasteiger partial charge in [-0.15, -0.1) is 5.10 Å². The van der Waals surface area contributed by atoms with Crippen molar-refractivity contribution in [1.82, 2.24) is 20.1 Å². The summed E-state index contributed by atoms with van der Waals surface area (Å²) in [6.45, 7) is 3.37. The van der Waals surface area contributed by atoms with Crippen LogP contribution in [0.1, 0.15) is 28.9 Å². The van der Waals surface area contributed by atoms with Crippen molar-refractivity contribution in [1.29, 1.82) is 0 Å². The Morgan fingerprint density at radius 3 is 2.48 bits per heavy atom. The number of aryl methyl sites for hydroxylation is 1. The highest BCUT2D eigenvalue weighted by Gasteiger charge is 2.24. The van der Waals surface area contributed by atoms with E-state index >= 15 is 0 Å². The fraction of sp³-hybridized carbons (Fsp3) is 0.444. The number of amides is 1. The average molecular weight is 340 g/mol. The predicted octanol–water partition coefficient (Wildman–Crippen LogP) is 1.96. The number of carbonyl (C=O) groups excluding carboxylic acids is 1. The molecule has 0 atom stereocenters. The first-order valence-corrected chi connectivity index (χ1v) is 8.52. The minimum atomic E-state index is 0.0476. The minimum Gasteiger partial charge on any atom is -0.366 e. The Bertz CT molecular complexity index is 705. The number of pyridine rings is 1. The molecule has 3 rings (SSSR count). The number of hydrogen-bond acceptors (Lipinski definition) is 6. The highest BCUT2D eigenvalue weighted by Crippen LogP contribution is 2.17. The zero-order valence-corrected chi connectivity index (χ0v) is 14.9. The summed E-state index contributed by atoms with van der Waals surface area (Å²) in [5.74, 6) is 1.68. The second-order valence-corrected chi connectivity index (χ2v) is 6.57. The summed E-state index contributed by atoms with van der Waals surface area (Å²) in [4.78, 5) is 20.7. The molecule has 0 spiro atoms. The van der Waals surface area contributed by atoms with Crippen LogP contribution in [0.15, 0.2) is 30.5 Å². The lowest BCUT2D eigenvalue weighted by molar-refractivity contribution is 0.0718. The van der Waals surface area contributed by atoms with Crippen LogP contribution in [0.25, 0.3) is 0 Å². The van der Waals surface area contributed by atoms with Crippen molar-refractivity contribution in [3.63, 3.8) is 0 Å².